The zero-order valence-corrected chi connectivity index (χ0v) is 10.0. The lowest BCUT2D eigenvalue weighted by molar-refractivity contribution is -0.118. The Balaban J connectivity index is 2.35. The highest BCUT2D eigenvalue weighted by Crippen LogP contribution is 2.26. The minimum absolute atomic E-state index is 0.0933. The first-order valence-electron chi connectivity index (χ1n) is 5.72. The summed E-state index contributed by atoms with van der Waals surface area (Å²) >= 11 is 0. The topological polar surface area (TPSA) is 49.3 Å². The van der Waals surface area contributed by atoms with Crippen molar-refractivity contribution in [3.63, 3.8) is 0 Å². The van der Waals surface area contributed by atoms with Crippen LogP contribution in [0.4, 0.5) is 4.39 Å². The van der Waals surface area contributed by atoms with E-state index in [1.54, 1.807) is 18.2 Å². The van der Waals surface area contributed by atoms with Crippen LogP contribution in [0, 0.1) is 5.82 Å². The van der Waals surface area contributed by atoms with Crippen LogP contribution in [0.1, 0.15) is 12.5 Å². The quantitative estimate of drug-likeness (QED) is 0.874. The van der Waals surface area contributed by atoms with Crippen molar-refractivity contribution in [1.29, 1.82) is 0 Å². The van der Waals surface area contributed by atoms with E-state index in [-0.39, 0.29) is 17.5 Å². The number of phenolic OH excluding ortho intramolecular Hbond substituents is 1. The molecular formula is C14H14FNO2. The molecule has 0 aromatic heterocycles. The van der Waals surface area contributed by atoms with Crippen LogP contribution >= 0.6 is 0 Å². The van der Waals surface area contributed by atoms with E-state index in [2.05, 4.69) is 5.32 Å². The molecule has 18 heavy (non-hydrogen) atoms. The number of carbonyl (C=O) groups excluding carboxylic acids is 1. The maximum atomic E-state index is 13.6. The summed E-state index contributed by atoms with van der Waals surface area (Å²) in [5.41, 5.74) is 0.899. The molecule has 0 aliphatic rings. The molecule has 2 aromatic carbocycles. The first-order chi connectivity index (χ1) is 8.58. The number of aromatic hydroxyl groups is 1. The SMILES string of the molecule is CC(=O)NCCc1ccc(F)c2ccc(O)cc12. The van der Waals surface area contributed by atoms with Gasteiger partial charge in [-0.15, -0.1) is 0 Å². The summed E-state index contributed by atoms with van der Waals surface area (Å²) in [6, 6.07) is 7.65. The summed E-state index contributed by atoms with van der Waals surface area (Å²) < 4.78 is 13.6. The van der Waals surface area contributed by atoms with Crippen molar-refractivity contribution >= 4 is 16.7 Å². The van der Waals surface area contributed by atoms with Crippen LogP contribution in [-0.2, 0) is 11.2 Å². The van der Waals surface area contributed by atoms with Gasteiger partial charge in [-0.25, -0.2) is 4.39 Å². The van der Waals surface area contributed by atoms with E-state index in [0.29, 0.717) is 23.7 Å². The zero-order valence-electron chi connectivity index (χ0n) is 10.0. The Kier molecular flexibility index (Phi) is 3.46. The van der Waals surface area contributed by atoms with E-state index in [1.165, 1.54) is 19.1 Å². The Bertz CT molecular complexity index is 596. The number of nitrogens with one attached hydrogen (secondary N) is 1. The summed E-state index contributed by atoms with van der Waals surface area (Å²) in [7, 11) is 0. The lowest BCUT2D eigenvalue weighted by Gasteiger charge is -2.08. The van der Waals surface area contributed by atoms with Gasteiger partial charge in [-0.05, 0) is 41.6 Å². The molecule has 2 aromatic rings. The van der Waals surface area contributed by atoms with E-state index < -0.39 is 0 Å². The highest BCUT2D eigenvalue weighted by molar-refractivity contribution is 5.87. The maximum Gasteiger partial charge on any atom is 0.216 e. The summed E-state index contributed by atoms with van der Waals surface area (Å²) in [5.74, 6) is -0.300. The third kappa shape index (κ3) is 2.59. The molecule has 2 N–H and O–H groups in total. The van der Waals surface area contributed by atoms with Gasteiger partial charge in [-0.2, -0.15) is 0 Å². The van der Waals surface area contributed by atoms with Crippen LogP contribution in [0.3, 0.4) is 0 Å². The van der Waals surface area contributed by atoms with Crippen molar-refractivity contribution in [2.45, 2.75) is 13.3 Å². The summed E-state index contributed by atoms with van der Waals surface area (Å²) in [6.07, 6.45) is 0.597. The molecule has 0 unspecified atom stereocenters. The Labute approximate surface area is 104 Å². The van der Waals surface area contributed by atoms with Crippen LogP contribution in [-0.4, -0.2) is 17.6 Å². The standard InChI is InChI=1S/C14H14FNO2/c1-9(17)16-7-6-10-2-5-14(15)12-4-3-11(18)8-13(10)12/h2-5,8,18H,6-7H2,1H3,(H,16,17). The van der Waals surface area contributed by atoms with E-state index in [9.17, 15) is 14.3 Å². The molecule has 0 spiro atoms. The first-order valence-corrected chi connectivity index (χ1v) is 5.72. The van der Waals surface area contributed by atoms with Gasteiger partial charge in [0.1, 0.15) is 11.6 Å². The van der Waals surface area contributed by atoms with Crippen LogP contribution in [0.5, 0.6) is 5.75 Å². The third-order valence-corrected chi connectivity index (χ3v) is 2.81. The van der Waals surface area contributed by atoms with E-state index in [0.717, 1.165) is 5.56 Å². The smallest absolute Gasteiger partial charge is 0.216 e. The van der Waals surface area contributed by atoms with E-state index in [4.69, 9.17) is 0 Å². The van der Waals surface area contributed by atoms with Crippen molar-refractivity contribution in [2.75, 3.05) is 6.54 Å². The number of benzene rings is 2. The molecular weight excluding hydrogens is 233 g/mol. The number of amides is 1. The molecule has 0 fully saturated rings. The maximum absolute atomic E-state index is 13.6. The van der Waals surface area contributed by atoms with Crippen LogP contribution < -0.4 is 5.32 Å². The predicted molar refractivity (Wildman–Crippen MR) is 68.0 cm³/mol. The third-order valence-electron chi connectivity index (χ3n) is 2.81. The number of hydrogen-bond acceptors (Lipinski definition) is 2. The Morgan fingerprint density at radius 3 is 2.78 bits per heavy atom. The average molecular weight is 247 g/mol. The number of rotatable bonds is 3. The van der Waals surface area contributed by atoms with Gasteiger partial charge in [0.15, 0.2) is 0 Å². The summed E-state index contributed by atoms with van der Waals surface area (Å²) in [6.45, 7) is 1.94. The molecule has 4 heteroatoms. The Hall–Kier alpha value is -2.10. The lowest BCUT2D eigenvalue weighted by atomic mass is 10.0. The molecule has 0 aliphatic heterocycles. The predicted octanol–water partition coefficient (Wildman–Crippen LogP) is 2.36. The molecule has 0 saturated heterocycles. The van der Waals surface area contributed by atoms with Crippen molar-refractivity contribution in [3.05, 3.63) is 41.7 Å². The van der Waals surface area contributed by atoms with Gasteiger partial charge in [0.05, 0.1) is 0 Å². The number of phenols is 1. The van der Waals surface area contributed by atoms with Gasteiger partial charge in [0.2, 0.25) is 5.91 Å². The minimum Gasteiger partial charge on any atom is -0.508 e. The highest BCUT2D eigenvalue weighted by atomic mass is 19.1. The van der Waals surface area contributed by atoms with Crippen molar-refractivity contribution in [2.24, 2.45) is 0 Å². The van der Waals surface area contributed by atoms with Crippen LogP contribution in [0.15, 0.2) is 30.3 Å². The summed E-state index contributed by atoms with van der Waals surface area (Å²) in [5, 5.41) is 13.3. The molecule has 1 amide bonds. The minimum atomic E-state index is -0.312. The molecule has 0 aliphatic carbocycles. The molecule has 94 valence electrons. The molecule has 0 heterocycles. The molecule has 2 rings (SSSR count). The van der Waals surface area contributed by atoms with Gasteiger partial charge in [-0.3, -0.25) is 4.79 Å². The van der Waals surface area contributed by atoms with Crippen molar-refractivity contribution in [1.82, 2.24) is 5.32 Å². The van der Waals surface area contributed by atoms with Crippen molar-refractivity contribution < 1.29 is 14.3 Å². The first kappa shape index (κ1) is 12.4. The van der Waals surface area contributed by atoms with Crippen LogP contribution in [0.25, 0.3) is 10.8 Å². The molecule has 0 saturated carbocycles. The molecule has 0 atom stereocenters. The second-order valence-electron chi connectivity index (χ2n) is 4.17. The summed E-state index contributed by atoms with van der Waals surface area (Å²) in [4.78, 5) is 10.8. The van der Waals surface area contributed by atoms with E-state index >= 15 is 0 Å². The second kappa shape index (κ2) is 5.04. The Morgan fingerprint density at radius 2 is 2.06 bits per heavy atom. The van der Waals surface area contributed by atoms with Gasteiger partial charge < -0.3 is 10.4 Å². The van der Waals surface area contributed by atoms with Gasteiger partial charge >= 0.3 is 0 Å². The fourth-order valence-electron chi connectivity index (χ4n) is 1.95. The zero-order chi connectivity index (χ0) is 13.1. The molecule has 0 radical (unpaired) electrons. The number of carbonyl (C=O) groups is 1. The largest absolute Gasteiger partial charge is 0.508 e. The molecule has 0 bridgehead atoms. The number of halogens is 1. The number of hydrogen-bond donors (Lipinski definition) is 2. The van der Waals surface area contributed by atoms with Crippen molar-refractivity contribution in [3.8, 4) is 5.75 Å². The van der Waals surface area contributed by atoms with Gasteiger partial charge in [0, 0.05) is 18.9 Å². The van der Waals surface area contributed by atoms with E-state index in [1.807, 2.05) is 0 Å². The van der Waals surface area contributed by atoms with Gasteiger partial charge in [-0.1, -0.05) is 6.07 Å². The van der Waals surface area contributed by atoms with Crippen LogP contribution in [0.2, 0.25) is 0 Å². The highest BCUT2D eigenvalue weighted by Gasteiger charge is 2.06. The second-order valence-corrected chi connectivity index (χ2v) is 4.17. The fraction of sp³-hybridized carbons (Fsp3) is 0.214. The Morgan fingerprint density at radius 1 is 1.28 bits per heavy atom. The van der Waals surface area contributed by atoms with Gasteiger partial charge in [0.25, 0.3) is 0 Å². The molecule has 3 nitrogen and oxygen atoms in total. The average Bonchev–Trinajstić information content (AvgIpc) is 2.31. The number of fused-ring (bicyclic) bond motifs is 1. The monoisotopic (exact) mass is 247 g/mol. The lowest BCUT2D eigenvalue weighted by Crippen LogP contribution is -2.22. The normalized spacial score (nSPS) is 10.6. The fourth-order valence-corrected chi connectivity index (χ4v) is 1.95.